The minimum absolute atomic E-state index is 0. The third-order valence-corrected chi connectivity index (χ3v) is 14.5. The van der Waals surface area contributed by atoms with Crippen molar-refractivity contribution in [2.75, 3.05) is 0 Å². The fourth-order valence-corrected chi connectivity index (χ4v) is 9.38. The van der Waals surface area contributed by atoms with E-state index in [4.69, 9.17) is 11.3 Å². The van der Waals surface area contributed by atoms with E-state index in [0.29, 0.717) is 22.4 Å². The summed E-state index contributed by atoms with van der Waals surface area (Å²) in [6, 6.07) is 47.9. The van der Waals surface area contributed by atoms with E-state index in [1.165, 1.54) is 15.5 Å². The van der Waals surface area contributed by atoms with Gasteiger partial charge in [-0.3, -0.25) is 0 Å². The second kappa shape index (κ2) is 17.0. The number of pyridine rings is 2. The molecule has 0 aliphatic heterocycles. The molecule has 1 saturated carbocycles. The Morgan fingerprint density at radius 3 is 2.29 bits per heavy atom. The van der Waals surface area contributed by atoms with Gasteiger partial charge in [0, 0.05) is 38.5 Å². The van der Waals surface area contributed by atoms with Gasteiger partial charge in [-0.1, -0.05) is 84.7 Å². The number of aryl methyl sites for hydroxylation is 1. The van der Waals surface area contributed by atoms with Crippen LogP contribution in [0.3, 0.4) is 0 Å². The van der Waals surface area contributed by atoms with Crippen LogP contribution in [-0.4, -0.2) is 23.2 Å². The number of rotatable bonds is 7. The van der Waals surface area contributed by atoms with Gasteiger partial charge in [0.1, 0.15) is 5.58 Å². The third kappa shape index (κ3) is 8.94. The molecule has 5 aromatic carbocycles. The predicted octanol–water partition coefficient (Wildman–Crippen LogP) is 12.9. The molecule has 0 atom stereocenters. The van der Waals surface area contributed by atoms with Crippen molar-refractivity contribution >= 4 is 39.6 Å². The summed E-state index contributed by atoms with van der Waals surface area (Å²) in [6.45, 7) is -2.15. The van der Waals surface area contributed by atoms with Gasteiger partial charge in [-0.05, 0) is 48.1 Å². The van der Waals surface area contributed by atoms with Crippen molar-refractivity contribution in [3.05, 3.63) is 163 Å². The van der Waals surface area contributed by atoms with Gasteiger partial charge in [0.2, 0.25) is 0 Å². The zero-order valence-corrected chi connectivity index (χ0v) is 35.8. The van der Waals surface area contributed by atoms with Gasteiger partial charge in [-0.25, -0.2) is 0 Å². The second-order valence-electron chi connectivity index (χ2n) is 15.1. The SMILES string of the molecule is [2H]C([2H])([2H])c1ccc(-c2cccc3oc4c[c-]c(-c5cc(C([2H])([2H])C6CCCC6)ccn5)cc4c23)cc1.[CH3][Ge]([CH3])([CH3])[c]1ccc(-c2[c-]ccc(-c3ccccc3)c2)nc1.[Ir]. The van der Waals surface area contributed by atoms with Crippen LogP contribution in [0.15, 0.2) is 144 Å². The Balaban J connectivity index is 0.000000203. The van der Waals surface area contributed by atoms with E-state index in [0.717, 1.165) is 70.0 Å². The first-order valence-corrected chi connectivity index (χ1v) is 26.1. The number of hydrogen-bond donors (Lipinski definition) is 0. The number of nitrogens with zero attached hydrogens (tertiary/aromatic N) is 2. The molecular weight excluding hydrogens is 909 g/mol. The Hall–Kier alpha value is -4.61. The largest absolute Gasteiger partial charge is 0 e. The topological polar surface area (TPSA) is 38.9 Å². The molecule has 3 nitrogen and oxygen atoms in total. The molecule has 5 heteroatoms. The molecule has 0 saturated heterocycles. The van der Waals surface area contributed by atoms with E-state index in [1.807, 2.05) is 60.7 Å². The Bertz CT molecular complexity index is 2720. The maximum absolute atomic E-state index is 8.79. The summed E-state index contributed by atoms with van der Waals surface area (Å²) < 4.78 is 48.1. The normalized spacial score (nSPS) is 14.9. The maximum Gasteiger partial charge on any atom is 0 e. The first-order chi connectivity index (χ1) is 28.3. The van der Waals surface area contributed by atoms with Crippen molar-refractivity contribution in [3.63, 3.8) is 0 Å². The minimum atomic E-state index is -2.15. The van der Waals surface area contributed by atoms with Crippen LogP contribution in [0.4, 0.5) is 0 Å². The summed E-state index contributed by atoms with van der Waals surface area (Å²) >= 11 is -1.79. The fourth-order valence-electron chi connectivity index (χ4n) is 7.20. The number of aromatic nitrogens is 2. The number of benzene rings is 5. The molecule has 1 aliphatic carbocycles. The van der Waals surface area contributed by atoms with E-state index < -0.39 is 26.5 Å². The average molecular weight is 961 g/mol. The monoisotopic (exact) mass is 962 g/mol. The molecule has 0 amide bonds. The molecule has 1 radical (unpaired) electrons. The van der Waals surface area contributed by atoms with Crippen molar-refractivity contribution in [1.29, 1.82) is 0 Å². The van der Waals surface area contributed by atoms with Crippen LogP contribution in [0.25, 0.3) is 66.7 Å². The zero-order chi connectivity index (χ0) is 41.4. The molecule has 0 unspecified atom stereocenters. The summed E-state index contributed by atoms with van der Waals surface area (Å²) in [5, 5.41) is 1.84. The quantitative estimate of drug-likeness (QED) is 0.118. The second-order valence-corrected chi connectivity index (χ2v) is 25.7. The Kier molecular flexibility index (Phi) is 10.1. The van der Waals surface area contributed by atoms with Crippen LogP contribution in [0.2, 0.25) is 17.3 Å². The summed E-state index contributed by atoms with van der Waals surface area (Å²) in [5.74, 6) is 7.20. The summed E-state index contributed by atoms with van der Waals surface area (Å²) in [7, 11) is 0. The van der Waals surface area contributed by atoms with Crippen LogP contribution in [0, 0.1) is 24.9 Å². The predicted molar refractivity (Wildman–Crippen MR) is 229 cm³/mol. The standard InChI is InChI=1S/C30H26NO.C20H20GeN.Ir/c1-20-9-11-23(12-10-20)25-7-4-8-29-30(25)26-19-24(13-14-28(26)32-29)27-18-22(15-16-31-27)17-21-5-2-3-6-21;1-21(2,3)19-12-13-20(22-15-19)18-11-7-10-17(14-18)16-8-5-4-6-9-16;/h4,7-12,14-16,18-19,21H,2-3,5-6,17H2,1H3;4-10,12-15H,1-3H3;/q2*-1;/i1D3,17D2;;. The van der Waals surface area contributed by atoms with Gasteiger partial charge in [0.15, 0.2) is 0 Å². The molecule has 0 spiro atoms. The van der Waals surface area contributed by atoms with Gasteiger partial charge >= 0.3 is 135 Å². The summed E-state index contributed by atoms with van der Waals surface area (Å²) in [5.41, 5.74) is 10.2. The molecule has 1 fully saturated rings. The van der Waals surface area contributed by atoms with E-state index in [9.17, 15) is 0 Å². The molecule has 0 bridgehead atoms. The molecule has 9 rings (SSSR count). The Labute approximate surface area is 349 Å². The summed E-state index contributed by atoms with van der Waals surface area (Å²) in [4.78, 5) is 9.22. The molecule has 55 heavy (non-hydrogen) atoms. The number of furan rings is 1. The van der Waals surface area contributed by atoms with Gasteiger partial charge in [0.05, 0.1) is 5.58 Å². The van der Waals surface area contributed by atoms with Crippen molar-refractivity contribution < 1.29 is 31.4 Å². The number of fused-ring (bicyclic) bond motifs is 3. The van der Waals surface area contributed by atoms with Gasteiger partial charge in [-0.2, -0.15) is 0 Å². The van der Waals surface area contributed by atoms with E-state index in [2.05, 4.69) is 94.1 Å². The third-order valence-electron chi connectivity index (χ3n) is 10.2. The molecule has 277 valence electrons. The number of hydrogen-bond acceptors (Lipinski definition) is 3. The summed E-state index contributed by atoms with van der Waals surface area (Å²) in [6.07, 6.45) is 6.34. The Morgan fingerprint density at radius 1 is 0.745 bits per heavy atom. The van der Waals surface area contributed by atoms with Gasteiger partial charge in [0.25, 0.3) is 0 Å². The molecule has 0 N–H and O–H groups in total. The average Bonchev–Trinajstić information content (AvgIpc) is 3.93. The van der Waals surface area contributed by atoms with Crippen molar-refractivity contribution in [2.24, 2.45) is 5.92 Å². The maximum atomic E-state index is 8.79. The van der Waals surface area contributed by atoms with Crippen molar-refractivity contribution in [3.8, 4) is 44.8 Å². The van der Waals surface area contributed by atoms with Crippen LogP contribution in [-0.2, 0) is 26.5 Å². The Morgan fingerprint density at radius 2 is 1.55 bits per heavy atom. The first-order valence-electron chi connectivity index (χ1n) is 21.2. The fraction of sp³-hybridized carbons (Fsp3) is 0.200. The van der Waals surface area contributed by atoms with E-state index >= 15 is 0 Å². The van der Waals surface area contributed by atoms with Crippen molar-refractivity contribution in [2.45, 2.75) is 56.2 Å². The molecule has 1 aliphatic rings. The van der Waals surface area contributed by atoms with E-state index in [-0.39, 0.29) is 26.0 Å². The molecule has 3 aromatic heterocycles. The van der Waals surface area contributed by atoms with Crippen LogP contribution in [0.5, 0.6) is 0 Å². The van der Waals surface area contributed by atoms with E-state index in [1.54, 1.807) is 24.4 Å². The molecule has 3 heterocycles. The van der Waals surface area contributed by atoms with Gasteiger partial charge < -0.3 is 9.40 Å². The molecule has 8 aromatic rings. The minimum Gasteiger partial charge on any atom is 0 e. The van der Waals surface area contributed by atoms with Crippen LogP contribution >= 0.6 is 0 Å². The first kappa shape index (κ1) is 32.6. The van der Waals surface area contributed by atoms with Gasteiger partial charge in [-0.15, -0.1) is 23.8 Å². The molecular formula is C50H46GeIrN2O-2. The van der Waals surface area contributed by atoms with Crippen LogP contribution < -0.4 is 4.40 Å². The van der Waals surface area contributed by atoms with Crippen LogP contribution in [0.1, 0.15) is 43.7 Å². The zero-order valence-electron chi connectivity index (χ0n) is 36.3. The van der Waals surface area contributed by atoms with Crippen molar-refractivity contribution in [1.82, 2.24) is 9.97 Å². The smallest absolute Gasteiger partial charge is 0 e.